The summed E-state index contributed by atoms with van der Waals surface area (Å²) in [5.41, 5.74) is 3.62. The smallest absolute Gasteiger partial charge is 0.257 e. The first-order valence-electron chi connectivity index (χ1n) is 11.7. The van der Waals surface area contributed by atoms with Crippen molar-refractivity contribution in [3.8, 4) is 0 Å². The van der Waals surface area contributed by atoms with Crippen LogP contribution in [0.2, 0.25) is 0 Å². The Bertz CT molecular complexity index is 1200. The summed E-state index contributed by atoms with van der Waals surface area (Å²) in [4.78, 5) is 43.8. The lowest BCUT2D eigenvalue weighted by molar-refractivity contribution is 0.0598. The quantitative estimate of drug-likeness (QED) is 0.592. The molecule has 1 unspecified atom stereocenters. The molecule has 1 aromatic carbocycles. The van der Waals surface area contributed by atoms with Gasteiger partial charge in [0.05, 0.1) is 28.3 Å². The van der Waals surface area contributed by atoms with Gasteiger partial charge < -0.3 is 14.4 Å². The van der Waals surface area contributed by atoms with Crippen molar-refractivity contribution in [1.29, 1.82) is 0 Å². The van der Waals surface area contributed by atoms with E-state index in [4.69, 9.17) is 4.98 Å². The Morgan fingerprint density at radius 2 is 1.88 bits per heavy atom. The Morgan fingerprint density at radius 1 is 1.12 bits per heavy atom. The lowest BCUT2D eigenvalue weighted by atomic mass is 9.99. The van der Waals surface area contributed by atoms with E-state index in [0.29, 0.717) is 42.3 Å². The lowest BCUT2D eigenvalue weighted by Gasteiger charge is -2.35. The van der Waals surface area contributed by atoms with Crippen LogP contribution in [0.4, 0.5) is 0 Å². The zero-order chi connectivity index (χ0) is 23.7. The van der Waals surface area contributed by atoms with Crippen LogP contribution < -0.4 is 0 Å². The summed E-state index contributed by atoms with van der Waals surface area (Å²) < 4.78 is 2.02. The third-order valence-electron chi connectivity index (χ3n) is 6.69. The van der Waals surface area contributed by atoms with Gasteiger partial charge in [0, 0.05) is 38.4 Å². The largest absolute Gasteiger partial charge is 0.339 e. The summed E-state index contributed by atoms with van der Waals surface area (Å²) in [6.07, 6.45) is 4.39. The van der Waals surface area contributed by atoms with Crippen molar-refractivity contribution in [3.05, 3.63) is 52.9 Å². The van der Waals surface area contributed by atoms with Crippen LogP contribution in [0.15, 0.2) is 24.4 Å². The van der Waals surface area contributed by atoms with Gasteiger partial charge in [-0.15, -0.1) is 0 Å². The van der Waals surface area contributed by atoms with Crippen molar-refractivity contribution in [2.24, 2.45) is 7.05 Å². The zero-order valence-electron chi connectivity index (χ0n) is 20.1. The number of benzene rings is 1. The average molecular weight is 449 g/mol. The van der Waals surface area contributed by atoms with Gasteiger partial charge in [0.1, 0.15) is 5.82 Å². The van der Waals surface area contributed by atoms with Crippen LogP contribution in [0.1, 0.15) is 77.2 Å². The third-order valence-corrected chi connectivity index (χ3v) is 6.69. The summed E-state index contributed by atoms with van der Waals surface area (Å²) in [6.45, 7) is 9.65. The van der Waals surface area contributed by atoms with E-state index in [1.54, 1.807) is 11.1 Å². The number of nitrogens with zero attached hydrogens (tertiary/aromatic N) is 6. The molecule has 0 radical (unpaired) electrons. The molecule has 1 aliphatic heterocycles. The molecule has 33 heavy (non-hydrogen) atoms. The number of hydrogen-bond donors (Lipinski definition) is 0. The normalized spacial score (nSPS) is 16.3. The van der Waals surface area contributed by atoms with E-state index in [0.717, 1.165) is 36.1 Å². The van der Waals surface area contributed by atoms with E-state index < -0.39 is 0 Å². The Hall–Kier alpha value is -3.29. The van der Waals surface area contributed by atoms with Crippen LogP contribution in [-0.2, 0) is 7.05 Å². The number of fused-ring (bicyclic) bond motifs is 1. The SMILES string of the molecule is CCN(CC)C(=O)c1cnc(C2CCCCN2C(=O)c2ccc3c(c2)nc(C)n3C)nc1C. The Labute approximate surface area is 194 Å². The fourth-order valence-electron chi connectivity index (χ4n) is 4.60. The molecule has 3 heterocycles. The van der Waals surface area contributed by atoms with E-state index >= 15 is 0 Å². The van der Waals surface area contributed by atoms with Crippen molar-refractivity contribution in [2.75, 3.05) is 19.6 Å². The maximum Gasteiger partial charge on any atom is 0.257 e. The number of carbonyl (C=O) groups is 2. The molecular formula is C25H32N6O2. The molecule has 1 aliphatic rings. The first-order valence-corrected chi connectivity index (χ1v) is 11.7. The molecule has 0 N–H and O–H groups in total. The Morgan fingerprint density at radius 3 is 2.58 bits per heavy atom. The van der Waals surface area contributed by atoms with Gasteiger partial charge >= 0.3 is 0 Å². The molecular weight excluding hydrogens is 416 g/mol. The minimum Gasteiger partial charge on any atom is -0.339 e. The molecule has 0 spiro atoms. The van der Waals surface area contributed by atoms with Crippen LogP contribution in [0.25, 0.3) is 11.0 Å². The third kappa shape index (κ3) is 4.21. The molecule has 8 nitrogen and oxygen atoms in total. The standard InChI is InChI=1S/C25H32N6O2/c1-6-30(7-2)25(33)19-15-26-23(27-16(19)3)22-10-8-9-13-31(22)24(32)18-11-12-21-20(14-18)28-17(4)29(21)5/h11-12,14-15,22H,6-10,13H2,1-5H3. The fourth-order valence-corrected chi connectivity index (χ4v) is 4.60. The Balaban J connectivity index is 1.63. The first-order chi connectivity index (χ1) is 15.8. The topological polar surface area (TPSA) is 84.2 Å². The van der Waals surface area contributed by atoms with Crippen molar-refractivity contribution in [1.82, 2.24) is 29.3 Å². The summed E-state index contributed by atoms with van der Waals surface area (Å²) in [6, 6.07) is 5.49. The number of amides is 2. The van der Waals surface area contributed by atoms with Gasteiger partial charge in [-0.05, 0) is 65.2 Å². The summed E-state index contributed by atoms with van der Waals surface area (Å²) >= 11 is 0. The molecule has 1 atom stereocenters. The number of aryl methyl sites for hydroxylation is 3. The molecule has 174 valence electrons. The predicted octanol–water partition coefficient (Wildman–Crippen LogP) is 3.83. The van der Waals surface area contributed by atoms with Crippen molar-refractivity contribution >= 4 is 22.8 Å². The highest BCUT2D eigenvalue weighted by molar-refractivity contribution is 5.98. The second kappa shape index (κ2) is 9.29. The summed E-state index contributed by atoms with van der Waals surface area (Å²) in [5, 5.41) is 0. The second-order valence-electron chi connectivity index (χ2n) is 8.64. The molecule has 2 aromatic heterocycles. The minimum atomic E-state index is -0.205. The second-order valence-corrected chi connectivity index (χ2v) is 8.64. The highest BCUT2D eigenvalue weighted by Gasteiger charge is 2.31. The van der Waals surface area contributed by atoms with Crippen molar-refractivity contribution in [3.63, 3.8) is 0 Å². The van der Waals surface area contributed by atoms with Crippen LogP contribution >= 0.6 is 0 Å². The zero-order valence-corrected chi connectivity index (χ0v) is 20.1. The number of imidazole rings is 1. The molecule has 1 saturated heterocycles. The van der Waals surface area contributed by atoms with Gasteiger partial charge in [-0.2, -0.15) is 0 Å². The van der Waals surface area contributed by atoms with Gasteiger partial charge in [-0.25, -0.2) is 15.0 Å². The molecule has 0 bridgehead atoms. The lowest BCUT2D eigenvalue weighted by Crippen LogP contribution is -2.39. The van der Waals surface area contributed by atoms with E-state index in [2.05, 4.69) is 9.97 Å². The average Bonchev–Trinajstić information content (AvgIpc) is 3.11. The van der Waals surface area contributed by atoms with Crippen LogP contribution in [0.5, 0.6) is 0 Å². The van der Waals surface area contributed by atoms with Crippen LogP contribution in [0.3, 0.4) is 0 Å². The molecule has 2 amide bonds. The summed E-state index contributed by atoms with van der Waals surface area (Å²) in [5.74, 6) is 1.43. The van der Waals surface area contributed by atoms with Gasteiger partial charge in [0.15, 0.2) is 5.82 Å². The van der Waals surface area contributed by atoms with Gasteiger partial charge in [-0.1, -0.05) is 0 Å². The van der Waals surface area contributed by atoms with Gasteiger partial charge in [0.2, 0.25) is 0 Å². The number of rotatable bonds is 5. The maximum absolute atomic E-state index is 13.5. The molecule has 0 saturated carbocycles. The molecule has 3 aromatic rings. The molecule has 0 aliphatic carbocycles. The van der Waals surface area contributed by atoms with E-state index in [1.807, 2.05) is 62.4 Å². The highest BCUT2D eigenvalue weighted by Crippen LogP contribution is 2.31. The van der Waals surface area contributed by atoms with Gasteiger partial charge in [-0.3, -0.25) is 9.59 Å². The predicted molar refractivity (Wildman–Crippen MR) is 127 cm³/mol. The fraction of sp³-hybridized carbons (Fsp3) is 0.480. The van der Waals surface area contributed by atoms with Crippen LogP contribution in [-0.4, -0.2) is 60.8 Å². The molecule has 4 rings (SSSR count). The van der Waals surface area contributed by atoms with E-state index in [-0.39, 0.29) is 17.9 Å². The Kier molecular flexibility index (Phi) is 6.44. The van der Waals surface area contributed by atoms with Crippen molar-refractivity contribution < 1.29 is 9.59 Å². The number of likely N-dealkylation sites (tertiary alicyclic amines) is 1. The van der Waals surface area contributed by atoms with Crippen molar-refractivity contribution in [2.45, 2.75) is 53.0 Å². The number of hydrogen-bond acceptors (Lipinski definition) is 5. The number of piperidine rings is 1. The molecule has 8 heteroatoms. The highest BCUT2D eigenvalue weighted by atomic mass is 16.2. The number of carbonyl (C=O) groups excluding carboxylic acids is 2. The van der Waals surface area contributed by atoms with Crippen LogP contribution in [0, 0.1) is 13.8 Å². The summed E-state index contributed by atoms with van der Waals surface area (Å²) in [7, 11) is 1.97. The monoisotopic (exact) mass is 448 g/mol. The van der Waals surface area contributed by atoms with E-state index in [9.17, 15) is 9.59 Å². The minimum absolute atomic E-state index is 0.0329. The molecule has 1 fully saturated rings. The first kappa shape index (κ1) is 22.9. The number of aromatic nitrogens is 4. The maximum atomic E-state index is 13.5. The van der Waals surface area contributed by atoms with Gasteiger partial charge in [0.25, 0.3) is 11.8 Å². The van der Waals surface area contributed by atoms with E-state index in [1.165, 1.54) is 0 Å².